The van der Waals surface area contributed by atoms with Crippen molar-refractivity contribution in [3.05, 3.63) is 52.0 Å². The Balaban J connectivity index is 1.90. The molecule has 0 N–H and O–H groups in total. The first kappa shape index (κ1) is 17.0. The minimum Gasteiger partial charge on any atom is -0.355 e. The Morgan fingerprint density at radius 1 is 0.880 bits per heavy atom. The summed E-state index contributed by atoms with van der Waals surface area (Å²) in [6.07, 6.45) is 2.50. The number of fused-ring (bicyclic) bond motifs is 2. The summed E-state index contributed by atoms with van der Waals surface area (Å²) in [5, 5.41) is 0. The van der Waals surface area contributed by atoms with Crippen LogP contribution in [0.15, 0.2) is 40.9 Å². The quantitative estimate of drug-likeness (QED) is 0.552. The van der Waals surface area contributed by atoms with E-state index in [1.165, 1.54) is 41.0 Å². The maximum absolute atomic E-state index is 3.62. The lowest BCUT2D eigenvalue weighted by Gasteiger charge is -2.42. The van der Waals surface area contributed by atoms with E-state index in [4.69, 9.17) is 0 Å². The van der Waals surface area contributed by atoms with Gasteiger partial charge in [-0.15, -0.1) is 0 Å². The Morgan fingerprint density at radius 2 is 1.48 bits per heavy atom. The molecule has 2 aromatic carbocycles. The Hall–Kier alpha value is -1.48. The standard InChI is InChI=1S/C22H27BrN2/c1-21(2)9-10-22(3,4)18-13-20-19(12-17(18)21)24(5)14-25(20)16-8-6-7-15(23)11-16/h6-8,11-13H,9-10,14H2,1-5H3. The largest absolute Gasteiger partial charge is 0.355 e. The van der Waals surface area contributed by atoms with Crippen molar-refractivity contribution >= 4 is 33.0 Å². The molecule has 1 aliphatic heterocycles. The molecule has 2 nitrogen and oxygen atoms in total. The van der Waals surface area contributed by atoms with Crippen LogP contribution in [-0.4, -0.2) is 13.7 Å². The number of hydrogen-bond donors (Lipinski definition) is 0. The highest BCUT2D eigenvalue weighted by molar-refractivity contribution is 9.10. The first-order valence-corrected chi connectivity index (χ1v) is 9.92. The maximum Gasteiger partial charge on any atom is 0.0950 e. The molecule has 0 atom stereocenters. The minimum atomic E-state index is 0.240. The number of rotatable bonds is 1. The lowest BCUT2D eigenvalue weighted by Crippen LogP contribution is -2.34. The van der Waals surface area contributed by atoms with Gasteiger partial charge in [0.05, 0.1) is 18.0 Å². The lowest BCUT2D eigenvalue weighted by molar-refractivity contribution is 0.332. The Labute approximate surface area is 160 Å². The Morgan fingerprint density at radius 3 is 2.08 bits per heavy atom. The van der Waals surface area contributed by atoms with Crippen molar-refractivity contribution in [2.75, 3.05) is 23.5 Å². The van der Waals surface area contributed by atoms with E-state index in [2.05, 4.69) is 96.9 Å². The van der Waals surface area contributed by atoms with Gasteiger partial charge in [0.2, 0.25) is 0 Å². The molecule has 132 valence electrons. The number of benzene rings is 2. The van der Waals surface area contributed by atoms with E-state index in [0.29, 0.717) is 0 Å². The minimum absolute atomic E-state index is 0.240. The molecule has 0 saturated carbocycles. The molecule has 1 heterocycles. The molecule has 0 bridgehead atoms. The van der Waals surface area contributed by atoms with E-state index in [1.54, 1.807) is 0 Å². The summed E-state index contributed by atoms with van der Waals surface area (Å²) in [5.41, 5.74) is 7.49. The van der Waals surface area contributed by atoms with Crippen LogP contribution >= 0.6 is 15.9 Å². The van der Waals surface area contributed by atoms with Crippen LogP contribution in [0.1, 0.15) is 51.7 Å². The smallest absolute Gasteiger partial charge is 0.0950 e. The molecule has 2 aromatic rings. The van der Waals surface area contributed by atoms with Crippen LogP contribution in [0.3, 0.4) is 0 Å². The van der Waals surface area contributed by atoms with Crippen molar-refractivity contribution in [2.24, 2.45) is 0 Å². The van der Waals surface area contributed by atoms with Gasteiger partial charge in [-0.2, -0.15) is 0 Å². The first-order chi connectivity index (χ1) is 11.7. The zero-order chi connectivity index (χ0) is 18.0. The number of anilines is 3. The van der Waals surface area contributed by atoms with Gasteiger partial charge in [-0.3, -0.25) is 0 Å². The molecule has 0 saturated heterocycles. The number of halogens is 1. The van der Waals surface area contributed by atoms with Crippen molar-refractivity contribution in [2.45, 2.75) is 51.4 Å². The summed E-state index contributed by atoms with van der Waals surface area (Å²) in [5.74, 6) is 0. The fourth-order valence-corrected chi connectivity index (χ4v) is 4.73. The van der Waals surface area contributed by atoms with Crippen LogP contribution in [0.5, 0.6) is 0 Å². The molecular weight excluding hydrogens is 372 g/mol. The SMILES string of the molecule is CN1CN(c2cccc(Br)c2)c2cc3c(cc21)C(C)(C)CCC3(C)C. The molecule has 2 aliphatic rings. The average Bonchev–Trinajstić information content (AvgIpc) is 2.88. The number of nitrogens with zero attached hydrogens (tertiary/aromatic N) is 2. The molecule has 3 heteroatoms. The molecule has 1 aliphatic carbocycles. The van der Waals surface area contributed by atoms with E-state index in [1.807, 2.05) is 0 Å². The van der Waals surface area contributed by atoms with Crippen LogP contribution in [0.25, 0.3) is 0 Å². The van der Waals surface area contributed by atoms with Crippen molar-refractivity contribution < 1.29 is 0 Å². The van der Waals surface area contributed by atoms with Crippen LogP contribution in [-0.2, 0) is 10.8 Å². The van der Waals surface area contributed by atoms with Gasteiger partial charge in [-0.05, 0) is 65.1 Å². The predicted molar refractivity (Wildman–Crippen MR) is 111 cm³/mol. The van der Waals surface area contributed by atoms with Crippen molar-refractivity contribution in [3.8, 4) is 0 Å². The third-order valence-corrected chi connectivity index (χ3v) is 6.62. The highest BCUT2D eigenvalue weighted by Gasteiger charge is 2.39. The fourth-order valence-electron chi connectivity index (χ4n) is 4.34. The van der Waals surface area contributed by atoms with Gasteiger partial charge in [0.15, 0.2) is 0 Å². The van der Waals surface area contributed by atoms with Crippen LogP contribution < -0.4 is 9.80 Å². The second-order valence-corrected chi connectivity index (χ2v) is 9.82. The summed E-state index contributed by atoms with van der Waals surface area (Å²) in [4.78, 5) is 4.80. The summed E-state index contributed by atoms with van der Waals surface area (Å²) in [6.45, 7) is 10.5. The van der Waals surface area contributed by atoms with Gasteiger partial charge in [0.25, 0.3) is 0 Å². The summed E-state index contributed by atoms with van der Waals surface area (Å²) in [6, 6.07) is 13.5. The summed E-state index contributed by atoms with van der Waals surface area (Å²) in [7, 11) is 2.20. The molecule has 0 spiro atoms. The molecular formula is C22H27BrN2. The van der Waals surface area contributed by atoms with Crippen LogP contribution in [0, 0.1) is 0 Å². The highest BCUT2D eigenvalue weighted by Crippen LogP contribution is 2.51. The fraction of sp³-hybridized carbons (Fsp3) is 0.455. The number of hydrogen-bond acceptors (Lipinski definition) is 2. The van der Waals surface area contributed by atoms with Crippen molar-refractivity contribution in [3.63, 3.8) is 0 Å². The molecule has 0 radical (unpaired) electrons. The van der Waals surface area contributed by atoms with E-state index in [9.17, 15) is 0 Å². The normalized spacial score (nSPS) is 20.4. The monoisotopic (exact) mass is 398 g/mol. The van der Waals surface area contributed by atoms with E-state index in [-0.39, 0.29) is 10.8 Å². The predicted octanol–water partition coefficient (Wildman–Crippen LogP) is 6.34. The topological polar surface area (TPSA) is 6.48 Å². The van der Waals surface area contributed by atoms with Gasteiger partial charge in [0, 0.05) is 17.2 Å². The van der Waals surface area contributed by atoms with Gasteiger partial charge in [0.1, 0.15) is 0 Å². The Bertz CT molecular complexity index is 838. The van der Waals surface area contributed by atoms with E-state index < -0.39 is 0 Å². The second kappa shape index (κ2) is 5.51. The highest BCUT2D eigenvalue weighted by atomic mass is 79.9. The first-order valence-electron chi connectivity index (χ1n) is 9.12. The third kappa shape index (κ3) is 2.68. The van der Waals surface area contributed by atoms with E-state index in [0.717, 1.165) is 11.1 Å². The van der Waals surface area contributed by atoms with Gasteiger partial charge >= 0.3 is 0 Å². The third-order valence-electron chi connectivity index (χ3n) is 6.12. The molecule has 0 amide bonds. The van der Waals surface area contributed by atoms with Gasteiger partial charge in [-0.25, -0.2) is 0 Å². The van der Waals surface area contributed by atoms with Gasteiger partial charge < -0.3 is 9.80 Å². The maximum atomic E-state index is 3.62. The van der Waals surface area contributed by atoms with Crippen molar-refractivity contribution in [1.82, 2.24) is 0 Å². The lowest BCUT2D eigenvalue weighted by atomic mass is 9.63. The van der Waals surface area contributed by atoms with E-state index >= 15 is 0 Å². The van der Waals surface area contributed by atoms with Gasteiger partial charge in [-0.1, -0.05) is 49.7 Å². The van der Waals surface area contributed by atoms with Crippen LogP contribution in [0.4, 0.5) is 17.1 Å². The Kier molecular flexibility index (Phi) is 3.74. The molecule has 0 unspecified atom stereocenters. The average molecular weight is 399 g/mol. The molecule has 0 fully saturated rings. The molecule has 0 aromatic heterocycles. The summed E-state index contributed by atoms with van der Waals surface area (Å²) >= 11 is 3.62. The van der Waals surface area contributed by atoms with Crippen molar-refractivity contribution in [1.29, 1.82) is 0 Å². The molecule has 25 heavy (non-hydrogen) atoms. The van der Waals surface area contributed by atoms with Crippen LogP contribution in [0.2, 0.25) is 0 Å². The zero-order valence-electron chi connectivity index (χ0n) is 15.9. The second-order valence-electron chi connectivity index (χ2n) is 8.90. The summed E-state index contributed by atoms with van der Waals surface area (Å²) < 4.78 is 1.13. The molecule has 4 rings (SSSR count). The zero-order valence-corrected chi connectivity index (χ0v) is 17.4.